The number of hydrogen-bond acceptors (Lipinski definition) is 2. The second kappa shape index (κ2) is 2.89. The third-order valence-electron chi connectivity index (χ3n) is 2.21. The Labute approximate surface area is 62.2 Å². The molecule has 0 bridgehead atoms. The summed E-state index contributed by atoms with van der Waals surface area (Å²) in [7, 11) is 0. The number of ether oxygens (including phenoxy) is 1. The minimum atomic E-state index is -0.267. The minimum Gasteiger partial charge on any atom is -0.390 e. The molecule has 60 valence electrons. The molecule has 1 rings (SSSR count). The predicted octanol–water partition coefficient (Wildman–Crippen LogP) is 1.18. The maximum atomic E-state index is 9.44. The maximum absolute atomic E-state index is 9.44. The first-order valence-corrected chi connectivity index (χ1v) is 3.94. The van der Waals surface area contributed by atoms with Crippen LogP contribution in [0.1, 0.15) is 27.2 Å². The molecule has 0 aromatic carbocycles. The zero-order valence-corrected chi connectivity index (χ0v) is 6.87. The number of aliphatic hydroxyl groups is 1. The van der Waals surface area contributed by atoms with E-state index < -0.39 is 0 Å². The molecule has 0 aliphatic carbocycles. The normalized spacial score (nSPS) is 49.2. The molecule has 4 atom stereocenters. The van der Waals surface area contributed by atoms with Gasteiger partial charge >= 0.3 is 0 Å². The molecule has 1 heterocycles. The van der Waals surface area contributed by atoms with Crippen LogP contribution in [0.4, 0.5) is 0 Å². The van der Waals surface area contributed by atoms with Gasteiger partial charge in [-0.1, -0.05) is 6.92 Å². The molecule has 0 spiro atoms. The molecular formula is C8H16O2. The van der Waals surface area contributed by atoms with Gasteiger partial charge in [0.15, 0.2) is 0 Å². The molecule has 2 nitrogen and oxygen atoms in total. The summed E-state index contributed by atoms with van der Waals surface area (Å²) in [6.07, 6.45) is 1.04. The summed E-state index contributed by atoms with van der Waals surface area (Å²) in [6.45, 7) is 6.05. The Balaban J connectivity index is 2.49. The summed E-state index contributed by atoms with van der Waals surface area (Å²) in [5.41, 5.74) is 0. The van der Waals surface area contributed by atoms with Crippen molar-refractivity contribution in [1.29, 1.82) is 0 Å². The molecule has 10 heavy (non-hydrogen) atoms. The van der Waals surface area contributed by atoms with E-state index in [-0.39, 0.29) is 12.2 Å². The van der Waals surface area contributed by atoms with Crippen LogP contribution in [0.2, 0.25) is 0 Å². The van der Waals surface area contributed by atoms with Crippen molar-refractivity contribution in [2.75, 3.05) is 0 Å². The van der Waals surface area contributed by atoms with E-state index in [2.05, 4.69) is 13.8 Å². The van der Waals surface area contributed by atoms with E-state index in [1.807, 2.05) is 6.92 Å². The lowest BCUT2D eigenvalue weighted by molar-refractivity contribution is -0.126. The summed E-state index contributed by atoms with van der Waals surface area (Å²) in [5, 5.41) is 9.44. The molecule has 1 unspecified atom stereocenters. The van der Waals surface area contributed by atoms with E-state index in [9.17, 15) is 5.11 Å². The molecule has 2 heteroatoms. The quantitative estimate of drug-likeness (QED) is 0.553. The second-order valence-corrected chi connectivity index (χ2v) is 3.36. The topological polar surface area (TPSA) is 29.5 Å². The van der Waals surface area contributed by atoms with E-state index in [4.69, 9.17) is 4.74 Å². The van der Waals surface area contributed by atoms with Crippen LogP contribution < -0.4 is 0 Å². The van der Waals surface area contributed by atoms with Crippen LogP contribution in [0.25, 0.3) is 0 Å². The monoisotopic (exact) mass is 144 g/mol. The van der Waals surface area contributed by atoms with Gasteiger partial charge in [0, 0.05) is 0 Å². The molecule has 1 N–H and O–H groups in total. The van der Waals surface area contributed by atoms with Gasteiger partial charge in [0.25, 0.3) is 0 Å². The molecule has 0 aromatic heterocycles. The molecule has 1 fully saturated rings. The standard InChI is InChI=1S/C8H16O2/c1-5-4-6(2)10-7(3)8(5)9/h5-9H,4H2,1-3H3/t5-,6+,7?,8+/m1/s1. The summed E-state index contributed by atoms with van der Waals surface area (Å²) in [4.78, 5) is 0. The highest BCUT2D eigenvalue weighted by Gasteiger charge is 2.29. The van der Waals surface area contributed by atoms with Gasteiger partial charge in [-0.25, -0.2) is 0 Å². The van der Waals surface area contributed by atoms with Crippen molar-refractivity contribution in [1.82, 2.24) is 0 Å². The average Bonchev–Trinajstić information content (AvgIpc) is 1.82. The molecular weight excluding hydrogens is 128 g/mol. The first kappa shape index (κ1) is 8.02. The van der Waals surface area contributed by atoms with Gasteiger partial charge in [0.1, 0.15) is 0 Å². The Morgan fingerprint density at radius 3 is 2.40 bits per heavy atom. The Bertz CT molecular complexity index is 102. The first-order valence-electron chi connectivity index (χ1n) is 3.94. The van der Waals surface area contributed by atoms with Gasteiger partial charge in [-0.05, 0) is 26.2 Å². The maximum Gasteiger partial charge on any atom is 0.0825 e. The van der Waals surface area contributed by atoms with Crippen LogP contribution in [0.5, 0.6) is 0 Å². The van der Waals surface area contributed by atoms with Crippen LogP contribution in [0.3, 0.4) is 0 Å². The molecule has 1 saturated heterocycles. The van der Waals surface area contributed by atoms with Crippen LogP contribution in [-0.2, 0) is 4.74 Å². The van der Waals surface area contributed by atoms with Gasteiger partial charge < -0.3 is 9.84 Å². The lowest BCUT2D eigenvalue weighted by Crippen LogP contribution is -2.41. The fourth-order valence-corrected chi connectivity index (χ4v) is 1.63. The van der Waals surface area contributed by atoms with Gasteiger partial charge in [0.05, 0.1) is 18.3 Å². The molecule has 0 amide bonds. The lowest BCUT2D eigenvalue weighted by atomic mass is 9.92. The summed E-state index contributed by atoms with van der Waals surface area (Å²) >= 11 is 0. The van der Waals surface area contributed by atoms with Crippen LogP contribution in [-0.4, -0.2) is 23.4 Å². The van der Waals surface area contributed by atoms with E-state index in [1.165, 1.54) is 0 Å². The summed E-state index contributed by atoms with van der Waals surface area (Å²) < 4.78 is 5.42. The molecule has 0 saturated carbocycles. The molecule has 0 aromatic rings. The van der Waals surface area contributed by atoms with Crippen molar-refractivity contribution < 1.29 is 9.84 Å². The Hall–Kier alpha value is -0.0800. The Morgan fingerprint density at radius 2 is 1.90 bits per heavy atom. The summed E-state index contributed by atoms with van der Waals surface area (Å²) in [5.74, 6) is 0.388. The van der Waals surface area contributed by atoms with Gasteiger partial charge in [-0.2, -0.15) is 0 Å². The number of hydrogen-bond donors (Lipinski definition) is 1. The predicted molar refractivity (Wildman–Crippen MR) is 39.8 cm³/mol. The highest BCUT2D eigenvalue weighted by atomic mass is 16.5. The van der Waals surface area contributed by atoms with Crippen molar-refractivity contribution in [2.24, 2.45) is 5.92 Å². The van der Waals surface area contributed by atoms with Crippen molar-refractivity contribution >= 4 is 0 Å². The number of aliphatic hydroxyl groups excluding tert-OH is 1. The fraction of sp³-hybridized carbons (Fsp3) is 1.00. The highest BCUT2D eigenvalue weighted by Crippen LogP contribution is 2.24. The third-order valence-corrected chi connectivity index (χ3v) is 2.21. The van der Waals surface area contributed by atoms with E-state index in [0.29, 0.717) is 12.0 Å². The zero-order chi connectivity index (χ0) is 7.72. The van der Waals surface area contributed by atoms with E-state index >= 15 is 0 Å². The third kappa shape index (κ3) is 1.50. The molecule has 0 radical (unpaired) electrons. The van der Waals surface area contributed by atoms with Crippen LogP contribution in [0.15, 0.2) is 0 Å². The number of rotatable bonds is 0. The van der Waals surface area contributed by atoms with Gasteiger partial charge in [-0.3, -0.25) is 0 Å². The lowest BCUT2D eigenvalue weighted by Gasteiger charge is -2.34. The second-order valence-electron chi connectivity index (χ2n) is 3.36. The largest absolute Gasteiger partial charge is 0.390 e. The Kier molecular flexibility index (Phi) is 2.32. The SMILES string of the molecule is CC1O[C@@H](C)C[C@@H](C)[C@@H]1O. The summed E-state index contributed by atoms with van der Waals surface area (Å²) in [6, 6.07) is 0. The Morgan fingerprint density at radius 1 is 1.30 bits per heavy atom. The average molecular weight is 144 g/mol. The zero-order valence-electron chi connectivity index (χ0n) is 6.87. The smallest absolute Gasteiger partial charge is 0.0825 e. The minimum absolute atomic E-state index is 0.0127. The van der Waals surface area contributed by atoms with Gasteiger partial charge in [0.2, 0.25) is 0 Å². The van der Waals surface area contributed by atoms with E-state index in [0.717, 1.165) is 6.42 Å². The fourth-order valence-electron chi connectivity index (χ4n) is 1.63. The van der Waals surface area contributed by atoms with Gasteiger partial charge in [-0.15, -0.1) is 0 Å². The van der Waals surface area contributed by atoms with Crippen molar-refractivity contribution in [2.45, 2.75) is 45.5 Å². The highest BCUT2D eigenvalue weighted by molar-refractivity contribution is 4.78. The van der Waals surface area contributed by atoms with Crippen LogP contribution in [0, 0.1) is 5.92 Å². The van der Waals surface area contributed by atoms with Crippen molar-refractivity contribution in [3.05, 3.63) is 0 Å². The van der Waals surface area contributed by atoms with Crippen LogP contribution >= 0.6 is 0 Å². The van der Waals surface area contributed by atoms with E-state index in [1.54, 1.807) is 0 Å². The van der Waals surface area contributed by atoms with Crippen molar-refractivity contribution in [3.63, 3.8) is 0 Å². The van der Waals surface area contributed by atoms with Crippen molar-refractivity contribution in [3.8, 4) is 0 Å². The first-order chi connectivity index (χ1) is 4.61. The molecule has 1 aliphatic heterocycles. The molecule has 1 aliphatic rings.